The Morgan fingerprint density at radius 3 is 2.93 bits per heavy atom. The lowest BCUT2D eigenvalue weighted by atomic mass is 10.2. The molecular weight excluding hydrogens is 207 g/mol. The minimum atomic E-state index is -0.747. The lowest BCUT2D eigenvalue weighted by molar-refractivity contribution is 0.107. The Labute approximate surface area is 85.9 Å². The van der Waals surface area contributed by atoms with Gasteiger partial charge in [-0.2, -0.15) is 0 Å². The summed E-state index contributed by atoms with van der Waals surface area (Å²) in [7, 11) is 0. The number of carbonyl (C=O) groups is 1. The average Bonchev–Trinajstić information content (AvgIpc) is 2.15. The lowest BCUT2D eigenvalue weighted by Crippen LogP contribution is -2.00. The molecule has 1 aromatic rings. The van der Waals surface area contributed by atoms with Crippen molar-refractivity contribution in [3.05, 3.63) is 42.2 Å². The molecule has 0 aliphatic carbocycles. The second-order valence-corrected chi connectivity index (χ2v) is 2.86. The summed E-state index contributed by atoms with van der Waals surface area (Å²) >= 11 is 5.25. The molecule has 0 spiro atoms. The molecule has 0 saturated heterocycles. The highest BCUT2D eigenvalue weighted by atomic mass is 35.5. The molecule has 0 aliphatic rings. The molecule has 0 saturated carbocycles. The predicted molar refractivity (Wildman–Crippen MR) is 52.3 cm³/mol. The minimum Gasteiger partial charge on any atom is -0.489 e. The quantitative estimate of drug-likeness (QED) is 0.569. The summed E-state index contributed by atoms with van der Waals surface area (Å²) in [4.78, 5) is 10.9. The van der Waals surface area contributed by atoms with Gasteiger partial charge >= 0.3 is 0 Å². The summed E-state index contributed by atoms with van der Waals surface area (Å²) in [5, 5.41) is -0.747. The van der Waals surface area contributed by atoms with Gasteiger partial charge in [0.2, 0.25) is 0 Å². The Hall–Kier alpha value is -1.35. The van der Waals surface area contributed by atoms with E-state index in [-0.39, 0.29) is 17.9 Å². The second kappa shape index (κ2) is 4.77. The molecule has 0 heterocycles. The molecule has 0 N–H and O–H groups in total. The van der Waals surface area contributed by atoms with Crippen LogP contribution in [0.15, 0.2) is 30.9 Å². The molecule has 74 valence electrons. The topological polar surface area (TPSA) is 26.3 Å². The number of hydrogen-bond acceptors (Lipinski definition) is 2. The zero-order chi connectivity index (χ0) is 10.6. The van der Waals surface area contributed by atoms with Crippen LogP contribution in [0.25, 0.3) is 0 Å². The SMILES string of the molecule is C=CCOc1ccc(F)cc1C(=O)Cl. The van der Waals surface area contributed by atoms with E-state index in [1.165, 1.54) is 18.2 Å². The van der Waals surface area contributed by atoms with Gasteiger partial charge in [-0.15, -0.1) is 0 Å². The van der Waals surface area contributed by atoms with Gasteiger partial charge in [-0.1, -0.05) is 12.7 Å². The van der Waals surface area contributed by atoms with Gasteiger partial charge in [0.15, 0.2) is 0 Å². The van der Waals surface area contributed by atoms with Gasteiger partial charge in [-0.3, -0.25) is 4.79 Å². The van der Waals surface area contributed by atoms with E-state index in [0.29, 0.717) is 0 Å². The van der Waals surface area contributed by atoms with Gasteiger partial charge in [-0.05, 0) is 29.8 Å². The Morgan fingerprint density at radius 2 is 2.36 bits per heavy atom. The normalized spacial score (nSPS) is 9.57. The third-order valence-corrected chi connectivity index (χ3v) is 1.71. The summed E-state index contributed by atoms with van der Waals surface area (Å²) < 4.78 is 17.9. The fraction of sp³-hybridized carbons (Fsp3) is 0.100. The van der Waals surface area contributed by atoms with E-state index in [0.717, 1.165) is 6.07 Å². The van der Waals surface area contributed by atoms with Gasteiger partial charge in [0, 0.05) is 0 Å². The van der Waals surface area contributed by atoms with Crippen LogP contribution in [0.3, 0.4) is 0 Å². The molecule has 0 unspecified atom stereocenters. The Morgan fingerprint density at radius 1 is 1.64 bits per heavy atom. The van der Waals surface area contributed by atoms with Crippen molar-refractivity contribution < 1.29 is 13.9 Å². The van der Waals surface area contributed by atoms with Crippen LogP contribution in [-0.2, 0) is 0 Å². The van der Waals surface area contributed by atoms with Crippen molar-refractivity contribution in [2.24, 2.45) is 0 Å². The molecule has 0 amide bonds. The first-order valence-corrected chi connectivity index (χ1v) is 4.26. The molecule has 2 nitrogen and oxygen atoms in total. The summed E-state index contributed by atoms with van der Waals surface area (Å²) in [5.41, 5.74) is 0.0218. The zero-order valence-electron chi connectivity index (χ0n) is 7.30. The fourth-order valence-electron chi connectivity index (χ4n) is 0.930. The second-order valence-electron chi connectivity index (χ2n) is 2.51. The number of benzene rings is 1. The molecular formula is C10H8ClFO2. The lowest BCUT2D eigenvalue weighted by Gasteiger charge is -2.06. The van der Waals surface area contributed by atoms with Gasteiger partial charge in [0.05, 0.1) is 5.56 Å². The molecule has 1 rings (SSSR count). The van der Waals surface area contributed by atoms with Crippen molar-refractivity contribution in [1.29, 1.82) is 0 Å². The maximum atomic E-state index is 12.7. The number of ether oxygens (including phenoxy) is 1. The first kappa shape index (κ1) is 10.7. The molecule has 0 fully saturated rings. The molecule has 0 aliphatic heterocycles. The molecule has 0 bridgehead atoms. The van der Waals surface area contributed by atoms with Crippen LogP contribution >= 0.6 is 11.6 Å². The highest BCUT2D eigenvalue weighted by Gasteiger charge is 2.10. The van der Waals surface area contributed by atoms with Gasteiger partial charge in [-0.25, -0.2) is 4.39 Å². The average molecular weight is 215 g/mol. The maximum absolute atomic E-state index is 12.7. The van der Waals surface area contributed by atoms with Crippen LogP contribution in [0.5, 0.6) is 5.75 Å². The highest BCUT2D eigenvalue weighted by Crippen LogP contribution is 2.21. The van der Waals surface area contributed by atoms with Crippen LogP contribution in [0.2, 0.25) is 0 Å². The van der Waals surface area contributed by atoms with E-state index in [1.807, 2.05) is 0 Å². The monoisotopic (exact) mass is 214 g/mol. The van der Waals surface area contributed by atoms with Crippen molar-refractivity contribution in [1.82, 2.24) is 0 Å². The van der Waals surface area contributed by atoms with E-state index < -0.39 is 11.1 Å². The third kappa shape index (κ3) is 2.57. The van der Waals surface area contributed by atoms with E-state index in [9.17, 15) is 9.18 Å². The van der Waals surface area contributed by atoms with E-state index in [2.05, 4.69) is 6.58 Å². The van der Waals surface area contributed by atoms with Crippen LogP contribution in [0.4, 0.5) is 4.39 Å². The molecule has 0 aromatic heterocycles. The Balaban J connectivity index is 3.01. The van der Waals surface area contributed by atoms with Crippen molar-refractivity contribution in [2.75, 3.05) is 6.61 Å². The number of hydrogen-bond donors (Lipinski definition) is 0. The van der Waals surface area contributed by atoms with Crippen molar-refractivity contribution >= 4 is 16.8 Å². The number of halogens is 2. The molecule has 4 heteroatoms. The van der Waals surface area contributed by atoms with Gasteiger partial charge < -0.3 is 4.74 Å². The van der Waals surface area contributed by atoms with E-state index in [4.69, 9.17) is 16.3 Å². The number of carbonyl (C=O) groups excluding carboxylic acids is 1. The first-order chi connectivity index (χ1) is 6.65. The Bertz CT molecular complexity index is 363. The Kier molecular flexibility index (Phi) is 3.65. The van der Waals surface area contributed by atoms with Crippen LogP contribution in [-0.4, -0.2) is 11.8 Å². The zero-order valence-corrected chi connectivity index (χ0v) is 8.05. The third-order valence-electron chi connectivity index (χ3n) is 1.51. The van der Waals surface area contributed by atoms with Crippen molar-refractivity contribution in [3.8, 4) is 5.75 Å². The van der Waals surface area contributed by atoms with E-state index in [1.54, 1.807) is 0 Å². The number of rotatable bonds is 4. The van der Waals surface area contributed by atoms with E-state index >= 15 is 0 Å². The minimum absolute atomic E-state index is 0.0218. The maximum Gasteiger partial charge on any atom is 0.256 e. The summed E-state index contributed by atoms with van der Waals surface area (Å²) in [6.07, 6.45) is 1.52. The van der Waals surface area contributed by atoms with Crippen molar-refractivity contribution in [2.45, 2.75) is 0 Å². The van der Waals surface area contributed by atoms with Crippen LogP contribution < -0.4 is 4.74 Å². The summed E-state index contributed by atoms with van der Waals surface area (Å²) in [6, 6.07) is 3.59. The highest BCUT2D eigenvalue weighted by molar-refractivity contribution is 6.68. The predicted octanol–water partition coefficient (Wildman–Crippen LogP) is 2.77. The van der Waals surface area contributed by atoms with Crippen LogP contribution in [0.1, 0.15) is 10.4 Å². The molecule has 14 heavy (non-hydrogen) atoms. The summed E-state index contributed by atoms with van der Waals surface area (Å²) in [6.45, 7) is 3.69. The molecule has 1 aromatic carbocycles. The standard InChI is InChI=1S/C10H8ClFO2/c1-2-5-14-9-4-3-7(12)6-8(9)10(11)13/h2-4,6H,1,5H2. The fourth-order valence-corrected chi connectivity index (χ4v) is 1.08. The van der Waals surface area contributed by atoms with Crippen LogP contribution in [0, 0.1) is 5.82 Å². The van der Waals surface area contributed by atoms with Gasteiger partial charge in [0.25, 0.3) is 5.24 Å². The van der Waals surface area contributed by atoms with Gasteiger partial charge in [0.1, 0.15) is 18.2 Å². The molecule has 0 atom stereocenters. The van der Waals surface area contributed by atoms with Crippen molar-refractivity contribution in [3.63, 3.8) is 0 Å². The summed E-state index contributed by atoms with van der Waals surface area (Å²) in [5.74, 6) is -0.272. The first-order valence-electron chi connectivity index (χ1n) is 3.88. The smallest absolute Gasteiger partial charge is 0.256 e. The largest absolute Gasteiger partial charge is 0.489 e. The molecule has 0 radical (unpaired) electrons.